The van der Waals surface area contributed by atoms with Gasteiger partial charge in [0.1, 0.15) is 0 Å². The summed E-state index contributed by atoms with van der Waals surface area (Å²) in [6, 6.07) is 1.92. The van der Waals surface area contributed by atoms with Gasteiger partial charge < -0.3 is 5.32 Å². The lowest BCUT2D eigenvalue weighted by Crippen LogP contribution is -2.11. The molecule has 1 rings (SSSR count). The summed E-state index contributed by atoms with van der Waals surface area (Å²) in [5.74, 6) is 1.27. The van der Waals surface area contributed by atoms with Crippen molar-refractivity contribution in [2.75, 3.05) is 17.3 Å². The molecule has 0 atom stereocenters. The lowest BCUT2D eigenvalue weighted by molar-refractivity contribution is 0.688. The van der Waals surface area contributed by atoms with E-state index in [0.717, 1.165) is 37.9 Å². The molecule has 0 bridgehead atoms. The van der Waals surface area contributed by atoms with Crippen LogP contribution in [-0.2, 0) is 0 Å². The Morgan fingerprint density at radius 1 is 1.25 bits per heavy atom. The second-order valence-corrected chi connectivity index (χ2v) is 5.36. The second kappa shape index (κ2) is 9.28. The summed E-state index contributed by atoms with van der Waals surface area (Å²) < 4.78 is 0. The van der Waals surface area contributed by atoms with Crippen molar-refractivity contribution in [1.82, 2.24) is 10.2 Å². The van der Waals surface area contributed by atoms with Crippen molar-refractivity contribution in [3.63, 3.8) is 0 Å². The Hall–Kier alpha value is -1.65. The molecule has 0 spiro atoms. The van der Waals surface area contributed by atoms with E-state index in [-0.39, 0.29) is 0 Å². The van der Waals surface area contributed by atoms with Crippen LogP contribution >= 0.6 is 0 Å². The predicted octanol–water partition coefficient (Wildman–Crippen LogP) is 3.91. The Bertz CT molecular complexity index is 406. The molecule has 20 heavy (non-hydrogen) atoms. The third-order valence-electron chi connectivity index (χ3n) is 2.82. The average molecular weight is 277 g/mol. The minimum Gasteiger partial charge on any atom is -0.382 e. The molecule has 0 aliphatic heterocycles. The van der Waals surface area contributed by atoms with E-state index in [1.165, 1.54) is 5.71 Å². The van der Waals surface area contributed by atoms with E-state index in [2.05, 4.69) is 53.7 Å². The molecular weight excluding hydrogens is 250 g/mol. The van der Waals surface area contributed by atoms with Gasteiger partial charge in [0.2, 0.25) is 0 Å². The molecule has 1 aromatic rings. The molecule has 0 saturated heterocycles. The van der Waals surface area contributed by atoms with Gasteiger partial charge in [-0.3, -0.25) is 5.43 Å². The number of nitrogens with zero attached hydrogens (tertiary/aromatic N) is 3. The Labute approximate surface area is 122 Å². The van der Waals surface area contributed by atoms with Gasteiger partial charge in [0.25, 0.3) is 0 Å². The number of nitrogens with one attached hydrogen (secondary N) is 2. The first-order valence-corrected chi connectivity index (χ1v) is 7.54. The molecule has 0 radical (unpaired) electrons. The van der Waals surface area contributed by atoms with Gasteiger partial charge in [0, 0.05) is 12.3 Å². The molecule has 0 fully saturated rings. The Balaban J connectivity index is 2.72. The number of hydrogen-bond donors (Lipinski definition) is 2. The maximum atomic E-state index is 4.49. The fourth-order valence-corrected chi connectivity index (χ4v) is 1.82. The van der Waals surface area contributed by atoms with Crippen molar-refractivity contribution in [3.05, 3.63) is 12.3 Å². The monoisotopic (exact) mass is 277 g/mol. The summed E-state index contributed by atoms with van der Waals surface area (Å²) in [6.45, 7) is 9.59. The van der Waals surface area contributed by atoms with Crippen LogP contribution in [0.25, 0.3) is 0 Å². The number of anilines is 2. The second-order valence-electron chi connectivity index (χ2n) is 5.36. The lowest BCUT2D eigenvalue weighted by atomic mass is 10.1. The Morgan fingerprint density at radius 3 is 2.55 bits per heavy atom. The highest BCUT2D eigenvalue weighted by molar-refractivity contribution is 5.85. The lowest BCUT2D eigenvalue weighted by Gasteiger charge is -2.12. The van der Waals surface area contributed by atoms with Gasteiger partial charge >= 0.3 is 0 Å². The molecule has 1 aromatic heterocycles. The average Bonchev–Trinajstić information content (AvgIpc) is 2.44. The van der Waals surface area contributed by atoms with E-state index in [1.54, 1.807) is 6.20 Å². The summed E-state index contributed by atoms with van der Waals surface area (Å²) in [5, 5.41) is 15.9. The van der Waals surface area contributed by atoms with Gasteiger partial charge in [-0.1, -0.05) is 40.5 Å². The normalized spacial score (nSPS) is 10.4. The van der Waals surface area contributed by atoms with Crippen LogP contribution in [0.2, 0.25) is 0 Å². The predicted molar refractivity (Wildman–Crippen MR) is 86.2 cm³/mol. The highest BCUT2D eigenvalue weighted by Crippen LogP contribution is 2.17. The van der Waals surface area contributed by atoms with Crippen molar-refractivity contribution in [3.8, 4) is 0 Å². The van der Waals surface area contributed by atoms with E-state index in [1.807, 2.05) is 6.07 Å². The summed E-state index contributed by atoms with van der Waals surface area (Å²) in [5.41, 5.74) is 5.20. The molecule has 2 N–H and O–H groups in total. The van der Waals surface area contributed by atoms with Crippen LogP contribution in [0, 0.1) is 5.92 Å². The molecule has 0 aliphatic carbocycles. The van der Waals surface area contributed by atoms with Crippen molar-refractivity contribution in [2.24, 2.45) is 11.0 Å². The first-order valence-electron chi connectivity index (χ1n) is 7.54. The fourth-order valence-electron chi connectivity index (χ4n) is 1.82. The zero-order valence-corrected chi connectivity index (χ0v) is 13.1. The number of aromatic nitrogens is 2. The van der Waals surface area contributed by atoms with Gasteiger partial charge in [-0.05, 0) is 24.8 Å². The minimum absolute atomic E-state index is 0.579. The van der Waals surface area contributed by atoms with E-state index < -0.39 is 0 Å². The topological polar surface area (TPSA) is 62.2 Å². The molecule has 0 amide bonds. The van der Waals surface area contributed by atoms with Crippen LogP contribution in [0.1, 0.15) is 53.4 Å². The van der Waals surface area contributed by atoms with Crippen molar-refractivity contribution in [2.45, 2.75) is 53.4 Å². The van der Waals surface area contributed by atoms with Crippen molar-refractivity contribution < 1.29 is 0 Å². The highest BCUT2D eigenvalue weighted by Gasteiger charge is 2.04. The van der Waals surface area contributed by atoms with E-state index in [0.29, 0.717) is 11.7 Å². The van der Waals surface area contributed by atoms with E-state index in [4.69, 9.17) is 0 Å². The minimum atomic E-state index is 0.579. The SMILES string of the molecule is CCCC(CCC)=NNc1nnccc1NCC(C)C. The molecule has 0 aliphatic rings. The fraction of sp³-hybridized carbons (Fsp3) is 0.667. The van der Waals surface area contributed by atoms with E-state index >= 15 is 0 Å². The third kappa shape index (κ3) is 5.99. The van der Waals surface area contributed by atoms with Gasteiger partial charge in [0.05, 0.1) is 11.9 Å². The highest BCUT2D eigenvalue weighted by atomic mass is 15.4. The van der Waals surface area contributed by atoms with Crippen LogP contribution < -0.4 is 10.7 Å². The molecule has 0 saturated carbocycles. The van der Waals surface area contributed by atoms with Gasteiger partial charge in [-0.2, -0.15) is 10.2 Å². The summed E-state index contributed by atoms with van der Waals surface area (Å²) >= 11 is 0. The molecular formula is C15H27N5. The Kier molecular flexibility index (Phi) is 7.62. The molecule has 5 nitrogen and oxygen atoms in total. The molecule has 5 heteroatoms. The van der Waals surface area contributed by atoms with Crippen LogP contribution in [-0.4, -0.2) is 22.5 Å². The maximum absolute atomic E-state index is 4.49. The van der Waals surface area contributed by atoms with Crippen molar-refractivity contribution >= 4 is 17.2 Å². The van der Waals surface area contributed by atoms with Gasteiger partial charge in [-0.25, -0.2) is 0 Å². The first-order chi connectivity index (χ1) is 9.67. The molecule has 112 valence electrons. The Morgan fingerprint density at radius 2 is 1.95 bits per heavy atom. The summed E-state index contributed by atoms with van der Waals surface area (Å²) in [4.78, 5) is 0. The van der Waals surface area contributed by atoms with Crippen LogP contribution in [0.5, 0.6) is 0 Å². The van der Waals surface area contributed by atoms with Crippen LogP contribution in [0.4, 0.5) is 11.5 Å². The van der Waals surface area contributed by atoms with E-state index in [9.17, 15) is 0 Å². The maximum Gasteiger partial charge on any atom is 0.192 e. The standard InChI is InChI=1S/C15H27N5/c1-5-7-13(8-6-2)18-20-15-14(9-10-17-19-15)16-11-12(3)4/h9-10,12H,5-8,11H2,1-4H3,(H,16,17)(H,19,20). The zero-order chi connectivity index (χ0) is 14.8. The summed E-state index contributed by atoms with van der Waals surface area (Å²) in [7, 11) is 0. The van der Waals surface area contributed by atoms with Crippen molar-refractivity contribution in [1.29, 1.82) is 0 Å². The van der Waals surface area contributed by atoms with Gasteiger partial charge in [-0.15, -0.1) is 5.10 Å². The van der Waals surface area contributed by atoms with Crippen LogP contribution in [0.15, 0.2) is 17.4 Å². The molecule has 1 heterocycles. The van der Waals surface area contributed by atoms with Gasteiger partial charge in [0.15, 0.2) is 5.82 Å². The third-order valence-corrected chi connectivity index (χ3v) is 2.82. The number of rotatable bonds is 9. The smallest absolute Gasteiger partial charge is 0.192 e. The quantitative estimate of drug-likeness (QED) is 0.530. The number of hydrogen-bond acceptors (Lipinski definition) is 5. The molecule has 0 aromatic carbocycles. The first kappa shape index (κ1) is 16.4. The van der Waals surface area contributed by atoms with Crippen LogP contribution in [0.3, 0.4) is 0 Å². The molecule has 0 unspecified atom stereocenters. The number of hydrazone groups is 1. The zero-order valence-electron chi connectivity index (χ0n) is 13.1. The largest absolute Gasteiger partial charge is 0.382 e. The summed E-state index contributed by atoms with van der Waals surface area (Å²) in [6.07, 6.45) is 5.96.